The number of ether oxygens (including phenoxy) is 1. The zero-order valence-corrected chi connectivity index (χ0v) is 18.4. The minimum absolute atomic E-state index is 0.378. The van der Waals surface area contributed by atoms with Gasteiger partial charge < -0.3 is 25.4 Å². The lowest BCUT2D eigenvalue weighted by atomic mass is 10.1. The molecule has 8 nitrogen and oxygen atoms in total. The molecule has 28 heavy (non-hydrogen) atoms. The fourth-order valence-electron chi connectivity index (χ4n) is 3.78. The van der Waals surface area contributed by atoms with Crippen molar-refractivity contribution in [1.82, 2.24) is 25.3 Å². The van der Waals surface area contributed by atoms with E-state index in [9.17, 15) is 5.11 Å². The van der Waals surface area contributed by atoms with Gasteiger partial charge in [0, 0.05) is 64.9 Å². The number of nitrogens with one attached hydrogen (secondary N) is 2. The second-order valence-corrected chi connectivity index (χ2v) is 8.28. The van der Waals surface area contributed by atoms with E-state index < -0.39 is 5.60 Å². The lowest BCUT2D eigenvalue weighted by Gasteiger charge is -2.37. The molecule has 0 aromatic rings. The van der Waals surface area contributed by atoms with E-state index in [1.165, 1.54) is 0 Å². The average molecular weight is 399 g/mol. The van der Waals surface area contributed by atoms with Crippen LogP contribution in [0.25, 0.3) is 0 Å². The van der Waals surface area contributed by atoms with Crippen molar-refractivity contribution in [1.29, 1.82) is 0 Å². The highest BCUT2D eigenvalue weighted by atomic mass is 16.5. The van der Waals surface area contributed by atoms with Crippen LogP contribution < -0.4 is 10.6 Å². The summed E-state index contributed by atoms with van der Waals surface area (Å²) >= 11 is 0. The number of aliphatic imine (C=N–C) groups is 1. The number of morpholine rings is 1. The molecule has 2 atom stereocenters. The Morgan fingerprint density at radius 2 is 1.75 bits per heavy atom. The normalized spacial score (nSPS) is 24.0. The van der Waals surface area contributed by atoms with Crippen LogP contribution >= 0.6 is 0 Å². The number of likely N-dealkylation sites (N-methyl/N-ethyl adjacent to an activating group) is 1. The lowest BCUT2D eigenvalue weighted by Crippen LogP contribution is -2.53. The molecule has 0 aliphatic carbocycles. The van der Waals surface area contributed by atoms with Crippen LogP contribution in [0.15, 0.2) is 4.99 Å². The van der Waals surface area contributed by atoms with Gasteiger partial charge in [0.25, 0.3) is 0 Å². The SMILES string of the molecule is CCNC(=NCC(C)(O)CN1CCOCC1)NCC(C)N1CCN(CC)CC1. The summed E-state index contributed by atoms with van der Waals surface area (Å²) in [5, 5.41) is 17.5. The third-order valence-corrected chi connectivity index (χ3v) is 5.63. The van der Waals surface area contributed by atoms with E-state index in [1.54, 1.807) is 0 Å². The minimum Gasteiger partial charge on any atom is -0.387 e. The van der Waals surface area contributed by atoms with Gasteiger partial charge in [0.1, 0.15) is 0 Å². The third kappa shape index (κ3) is 8.21. The van der Waals surface area contributed by atoms with Gasteiger partial charge in [0.05, 0.1) is 25.4 Å². The van der Waals surface area contributed by atoms with E-state index in [-0.39, 0.29) is 0 Å². The van der Waals surface area contributed by atoms with Crippen LogP contribution in [-0.2, 0) is 4.74 Å². The van der Waals surface area contributed by atoms with Crippen LogP contribution in [0.1, 0.15) is 27.7 Å². The Morgan fingerprint density at radius 3 is 2.36 bits per heavy atom. The van der Waals surface area contributed by atoms with Crippen molar-refractivity contribution in [2.24, 2.45) is 4.99 Å². The Bertz CT molecular complexity index is 460. The summed E-state index contributed by atoms with van der Waals surface area (Å²) in [6, 6.07) is 0.455. The maximum Gasteiger partial charge on any atom is 0.191 e. The maximum absolute atomic E-state index is 10.8. The van der Waals surface area contributed by atoms with Crippen LogP contribution in [0.3, 0.4) is 0 Å². The molecule has 164 valence electrons. The summed E-state index contributed by atoms with van der Waals surface area (Å²) in [7, 11) is 0. The Kier molecular flexibility index (Phi) is 9.94. The van der Waals surface area contributed by atoms with E-state index in [1.807, 2.05) is 6.92 Å². The number of aliphatic hydroxyl groups is 1. The number of hydrogen-bond acceptors (Lipinski definition) is 6. The molecule has 0 saturated carbocycles. The first-order chi connectivity index (χ1) is 13.4. The van der Waals surface area contributed by atoms with E-state index in [0.717, 1.165) is 78.1 Å². The maximum atomic E-state index is 10.8. The lowest BCUT2D eigenvalue weighted by molar-refractivity contribution is -0.0180. The van der Waals surface area contributed by atoms with E-state index in [0.29, 0.717) is 19.1 Å². The molecule has 2 saturated heterocycles. The molecule has 2 rings (SSSR count). The van der Waals surface area contributed by atoms with Gasteiger partial charge in [0.15, 0.2) is 5.96 Å². The molecule has 0 aromatic carbocycles. The first-order valence-corrected chi connectivity index (χ1v) is 10.9. The smallest absolute Gasteiger partial charge is 0.191 e. The average Bonchev–Trinajstić information content (AvgIpc) is 2.70. The molecule has 0 aromatic heterocycles. The molecule has 0 amide bonds. The summed E-state index contributed by atoms with van der Waals surface area (Å²) in [6.07, 6.45) is 0. The number of β-amino-alcohol motifs (C(OH)–C–C–N with tert-alkyl or cyclic N) is 1. The first kappa shape index (κ1) is 23.3. The largest absolute Gasteiger partial charge is 0.387 e. The molecule has 2 fully saturated rings. The van der Waals surface area contributed by atoms with Gasteiger partial charge in [0.2, 0.25) is 0 Å². The highest BCUT2D eigenvalue weighted by molar-refractivity contribution is 5.79. The Balaban J connectivity index is 1.78. The van der Waals surface area contributed by atoms with Gasteiger partial charge in [-0.2, -0.15) is 0 Å². The number of rotatable bonds is 9. The highest BCUT2D eigenvalue weighted by Crippen LogP contribution is 2.09. The van der Waals surface area contributed by atoms with Crippen LogP contribution in [-0.4, -0.2) is 123 Å². The Labute approximate surface area is 171 Å². The quantitative estimate of drug-likeness (QED) is 0.362. The summed E-state index contributed by atoms with van der Waals surface area (Å²) < 4.78 is 5.38. The molecule has 8 heteroatoms. The van der Waals surface area contributed by atoms with Gasteiger partial charge in [-0.3, -0.25) is 14.8 Å². The number of guanidine groups is 1. The molecule has 2 aliphatic heterocycles. The second kappa shape index (κ2) is 11.9. The minimum atomic E-state index is -0.845. The van der Waals surface area contributed by atoms with Gasteiger partial charge in [-0.25, -0.2) is 0 Å². The van der Waals surface area contributed by atoms with Gasteiger partial charge in [-0.05, 0) is 27.3 Å². The number of hydrogen-bond donors (Lipinski definition) is 3. The molecule has 0 spiro atoms. The number of nitrogens with zero attached hydrogens (tertiary/aromatic N) is 4. The van der Waals surface area contributed by atoms with Crippen molar-refractivity contribution >= 4 is 5.96 Å². The monoisotopic (exact) mass is 398 g/mol. The highest BCUT2D eigenvalue weighted by Gasteiger charge is 2.25. The van der Waals surface area contributed by atoms with Crippen LogP contribution in [0, 0.1) is 0 Å². The van der Waals surface area contributed by atoms with Crippen molar-refractivity contribution < 1.29 is 9.84 Å². The van der Waals surface area contributed by atoms with Crippen molar-refractivity contribution in [3.63, 3.8) is 0 Å². The zero-order valence-electron chi connectivity index (χ0n) is 18.4. The van der Waals surface area contributed by atoms with Crippen LogP contribution in [0.2, 0.25) is 0 Å². The molecule has 2 heterocycles. The van der Waals surface area contributed by atoms with Crippen LogP contribution in [0.4, 0.5) is 0 Å². The van der Waals surface area contributed by atoms with Crippen molar-refractivity contribution in [2.75, 3.05) is 85.2 Å². The summed E-state index contributed by atoms with van der Waals surface area (Å²) in [6.45, 7) is 20.0. The second-order valence-electron chi connectivity index (χ2n) is 8.28. The van der Waals surface area contributed by atoms with Crippen LogP contribution in [0.5, 0.6) is 0 Å². The molecule has 3 N–H and O–H groups in total. The zero-order chi connectivity index (χ0) is 20.4. The predicted octanol–water partition coefficient (Wildman–Crippen LogP) is -0.349. The third-order valence-electron chi connectivity index (χ3n) is 5.63. The van der Waals surface area contributed by atoms with Gasteiger partial charge in [-0.15, -0.1) is 0 Å². The topological polar surface area (TPSA) is 75.6 Å². The summed E-state index contributed by atoms with van der Waals surface area (Å²) in [5.74, 6) is 0.781. The van der Waals surface area contributed by atoms with E-state index in [4.69, 9.17) is 4.74 Å². The standard InChI is InChI=1S/C20H42N6O2/c1-5-21-19(22-15-18(3)26-9-7-24(6-2)8-10-26)23-16-20(4,27)17-25-11-13-28-14-12-25/h18,27H,5-17H2,1-4H3,(H2,21,22,23). The molecule has 2 unspecified atom stereocenters. The first-order valence-electron chi connectivity index (χ1n) is 10.9. The molecular weight excluding hydrogens is 356 g/mol. The fraction of sp³-hybridized carbons (Fsp3) is 0.950. The molecule has 2 aliphatic rings. The molecular formula is C20H42N6O2. The van der Waals surface area contributed by atoms with Crippen molar-refractivity contribution in [3.8, 4) is 0 Å². The summed E-state index contributed by atoms with van der Waals surface area (Å²) in [5.41, 5.74) is -0.845. The van der Waals surface area contributed by atoms with Gasteiger partial charge in [-0.1, -0.05) is 6.92 Å². The summed E-state index contributed by atoms with van der Waals surface area (Å²) in [4.78, 5) is 11.9. The Hall–Kier alpha value is -0.930. The van der Waals surface area contributed by atoms with Crippen molar-refractivity contribution in [2.45, 2.75) is 39.3 Å². The van der Waals surface area contributed by atoms with E-state index >= 15 is 0 Å². The molecule has 0 radical (unpaired) electrons. The molecule has 0 bridgehead atoms. The fourth-order valence-corrected chi connectivity index (χ4v) is 3.78. The van der Waals surface area contributed by atoms with E-state index in [2.05, 4.69) is 51.1 Å². The number of piperazine rings is 1. The predicted molar refractivity (Wildman–Crippen MR) is 115 cm³/mol. The Morgan fingerprint density at radius 1 is 1.07 bits per heavy atom. The van der Waals surface area contributed by atoms with Crippen molar-refractivity contribution in [3.05, 3.63) is 0 Å². The van der Waals surface area contributed by atoms with Gasteiger partial charge >= 0.3 is 0 Å².